The molecule has 24 heavy (non-hydrogen) atoms. The van der Waals surface area contributed by atoms with Crippen molar-refractivity contribution in [3.05, 3.63) is 53.1 Å². The van der Waals surface area contributed by atoms with Gasteiger partial charge in [0.05, 0.1) is 6.21 Å². The number of nitrogens with zero attached hydrogens (tertiary/aromatic N) is 1. The van der Waals surface area contributed by atoms with Gasteiger partial charge in [-0.2, -0.15) is 5.10 Å². The summed E-state index contributed by atoms with van der Waals surface area (Å²) in [5, 5.41) is 4.57. The van der Waals surface area contributed by atoms with Crippen LogP contribution in [0.1, 0.15) is 70.4 Å². The van der Waals surface area contributed by atoms with Crippen LogP contribution in [-0.2, 0) is 0 Å². The molecule has 3 rings (SSSR count). The van der Waals surface area contributed by atoms with Gasteiger partial charge in [-0.3, -0.25) is 0 Å². The number of allylic oxidation sites excluding steroid dienone is 4. The smallest absolute Gasteiger partial charge is 0.0546 e. The first-order valence-electron chi connectivity index (χ1n) is 9.34. The average molecular weight is 322 g/mol. The van der Waals surface area contributed by atoms with Gasteiger partial charge in [-0.1, -0.05) is 76.5 Å². The van der Waals surface area contributed by atoms with Crippen LogP contribution in [0.2, 0.25) is 0 Å². The van der Waals surface area contributed by atoms with Crippen molar-refractivity contribution in [2.45, 2.75) is 65.3 Å². The number of hydrogen-bond donors (Lipinski definition) is 1. The molecule has 1 aromatic carbocycles. The zero-order chi connectivity index (χ0) is 17.0. The highest BCUT2D eigenvalue weighted by molar-refractivity contribution is 5.90. The minimum absolute atomic E-state index is 0.174. The van der Waals surface area contributed by atoms with Crippen molar-refractivity contribution in [3.8, 4) is 0 Å². The molecule has 2 heteroatoms. The maximum absolute atomic E-state index is 4.57. The fourth-order valence-corrected chi connectivity index (χ4v) is 3.79. The normalized spacial score (nSPS) is 19.5. The van der Waals surface area contributed by atoms with E-state index in [-0.39, 0.29) is 5.41 Å². The minimum atomic E-state index is 0.174. The molecule has 0 bridgehead atoms. The van der Waals surface area contributed by atoms with E-state index in [0.717, 1.165) is 6.42 Å². The van der Waals surface area contributed by atoms with Gasteiger partial charge in [0.1, 0.15) is 0 Å². The number of rotatable bonds is 4. The van der Waals surface area contributed by atoms with E-state index < -0.39 is 0 Å². The van der Waals surface area contributed by atoms with E-state index >= 15 is 0 Å². The van der Waals surface area contributed by atoms with Crippen LogP contribution in [0.25, 0.3) is 5.57 Å². The molecule has 0 amide bonds. The summed E-state index contributed by atoms with van der Waals surface area (Å²) in [7, 11) is 0. The lowest BCUT2D eigenvalue weighted by Crippen LogP contribution is -2.26. The maximum Gasteiger partial charge on any atom is 0.0546 e. The molecule has 0 radical (unpaired) electrons. The van der Waals surface area contributed by atoms with E-state index in [1.807, 2.05) is 6.21 Å². The third-order valence-electron chi connectivity index (χ3n) is 5.09. The lowest BCUT2D eigenvalue weighted by molar-refractivity contribution is 0.381. The van der Waals surface area contributed by atoms with Crippen LogP contribution >= 0.6 is 0 Å². The standard InChI is InChI=1S/C22H30N2/c1-22(2,3)21-15-9-14-20(21)19-13-8-7-10-17(19)16-23-24-18-11-5-4-6-12-18/h7-10,13,15-16,18,24H,4-6,11-12,14H2,1-3H3/b23-16+. The van der Waals surface area contributed by atoms with Gasteiger partial charge in [-0.25, -0.2) is 0 Å². The third kappa shape index (κ3) is 3.98. The highest BCUT2D eigenvalue weighted by atomic mass is 15.3. The highest BCUT2D eigenvalue weighted by Crippen LogP contribution is 2.39. The summed E-state index contributed by atoms with van der Waals surface area (Å²) in [6, 6.07) is 9.20. The van der Waals surface area contributed by atoms with Gasteiger partial charge in [0.25, 0.3) is 0 Å². The number of nitrogens with one attached hydrogen (secondary N) is 1. The van der Waals surface area contributed by atoms with Crippen LogP contribution in [-0.4, -0.2) is 12.3 Å². The fraction of sp³-hybridized carbons (Fsp3) is 0.500. The van der Waals surface area contributed by atoms with E-state index in [1.54, 1.807) is 0 Å². The largest absolute Gasteiger partial charge is 0.307 e. The molecule has 1 saturated carbocycles. The van der Waals surface area contributed by atoms with Gasteiger partial charge in [-0.15, -0.1) is 0 Å². The molecule has 0 heterocycles. The van der Waals surface area contributed by atoms with Crippen LogP contribution in [0.5, 0.6) is 0 Å². The number of hydrogen-bond acceptors (Lipinski definition) is 2. The Labute approximate surface area is 146 Å². The molecule has 2 nitrogen and oxygen atoms in total. The number of hydrazone groups is 1. The number of benzene rings is 1. The molecule has 2 aliphatic carbocycles. The summed E-state index contributed by atoms with van der Waals surface area (Å²) in [5.41, 5.74) is 8.97. The molecule has 0 unspecified atom stereocenters. The van der Waals surface area contributed by atoms with Gasteiger partial charge in [0.2, 0.25) is 0 Å². The van der Waals surface area contributed by atoms with E-state index in [4.69, 9.17) is 0 Å². The van der Waals surface area contributed by atoms with Crippen LogP contribution in [0.3, 0.4) is 0 Å². The zero-order valence-electron chi connectivity index (χ0n) is 15.3. The van der Waals surface area contributed by atoms with E-state index in [9.17, 15) is 0 Å². The van der Waals surface area contributed by atoms with Crippen molar-refractivity contribution in [1.29, 1.82) is 0 Å². The molecule has 0 atom stereocenters. The minimum Gasteiger partial charge on any atom is -0.307 e. The molecular formula is C22H30N2. The fourth-order valence-electron chi connectivity index (χ4n) is 3.79. The molecule has 2 aliphatic rings. The van der Waals surface area contributed by atoms with Crippen LogP contribution in [0.4, 0.5) is 0 Å². The summed E-state index contributed by atoms with van der Waals surface area (Å²) in [6.45, 7) is 6.87. The van der Waals surface area contributed by atoms with Gasteiger partial charge < -0.3 is 5.43 Å². The Balaban J connectivity index is 1.81. The van der Waals surface area contributed by atoms with Crippen molar-refractivity contribution in [1.82, 2.24) is 5.43 Å². The lowest BCUT2D eigenvalue weighted by atomic mass is 9.82. The van der Waals surface area contributed by atoms with Crippen molar-refractivity contribution in [2.75, 3.05) is 0 Å². The third-order valence-corrected chi connectivity index (χ3v) is 5.09. The molecule has 0 saturated heterocycles. The molecule has 0 aliphatic heterocycles. The van der Waals surface area contributed by atoms with Gasteiger partial charge in [0, 0.05) is 11.6 Å². The second-order valence-corrected chi connectivity index (χ2v) is 8.06. The Morgan fingerprint density at radius 3 is 2.58 bits per heavy atom. The second kappa shape index (κ2) is 7.38. The van der Waals surface area contributed by atoms with Crippen LogP contribution < -0.4 is 5.43 Å². The average Bonchev–Trinajstić information content (AvgIpc) is 3.06. The quantitative estimate of drug-likeness (QED) is 0.558. The summed E-state index contributed by atoms with van der Waals surface area (Å²) < 4.78 is 0. The summed E-state index contributed by atoms with van der Waals surface area (Å²) in [6.07, 6.45) is 14.1. The maximum atomic E-state index is 4.57. The Kier molecular flexibility index (Phi) is 5.23. The van der Waals surface area contributed by atoms with Crippen molar-refractivity contribution in [3.63, 3.8) is 0 Å². The Hall–Kier alpha value is -1.83. The van der Waals surface area contributed by atoms with Crippen molar-refractivity contribution in [2.24, 2.45) is 10.5 Å². The summed E-state index contributed by atoms with van der Waals surface area (Å²) >= 11 is 0. The topological polar surface area (TPSA) is 24.4 Å². The lowest BCUT2D eigenvalue weighted by Gasteiger charge is -2.23. The van der Waals surface area contributed by atoms with E-state index in [2.05, 4.69) is 67.7 Å². The molecule has 0 spiro atoms. The van der Waals surface area contributed by atoms with Gasteiger partial charge >= 0.3 is 0 Å². The summed E-state index contributed by atoms with van der Waals surface area (Å²) in [5.74, 6) is 0. The predicted molar refractivity (Wildman–Crippen MR) is 104 cm³/mol. The van der Waals surface area contributed by atoms with Gasteiger partial charge in [0.15, 0.2) is 0 Å². The summed E-state index contributed by atoms with van der Waals surface area (Å²) in [4.78, 5) is 0. The van der Waals surface area contributed by atoms with E-state index in [0.29, 0.717) is 6.04 Å². The van der Waals surface area contributed by atoms with Crippen LogP contribution in [0.15, 0.2) is 47.1 Å². The molecule has 1 aromatic rings. The molecule has 1 N–H and O–H groups in total. The first-order chi connectivity index (χ1) is 11.6. The van der Waals surface area contributed by atoms with Gasteiger partial charge in [-0.05, 0) is 41.4 Å². The molecule has 128 valence electrons. The van der Waals surface area contributed by atoms with Crippen molar-refractivity contribution < 1.29 is 0 Å². The van der Waals surface area contributed by atoms with Crippen LogP contribution in [0, 0.1) is 5.41 Å². The van der Waals surface area contributed by atoms with E-state index in [1.165, 1.54) is 54.4 Å². The SMILES string of the molecule is CC(C)(C)C1=C(c2ccccc2/C=N/NC2CCCCC2)CC=C1. The first-order valence-corrected chi connectivity index (χ1v) is 9.34. The first kappa shape index (κ1) is 17.0. The highest BCUT2D eigenvalue weighted by Gasteiger charge is 2.23. The monoisotopic (exact) mass is 322 g/mol. The molecular weight excluding hydrogens is 292 g/mol. The Morgan fingerprint density at radius 2 is 1.83 bits per heavy atom. The Bertz CT molecular complexity index is 653. The zero-order valence-corrected chi connectivity index (χ0v) is 15.3. The predicted octanol–water partition coefficient (Wildman–Crippen LogP) is 5.70. The molecule has 0 aromatic heterocycles. The molecule has 1 fully saturated rings. The second-order valence-electron chi connectivity index (χ2n) is 8.06. The van der Waals surface area contributed by atoms with Crippen molar-refractivity contribution >= 4 is 11.8 Å². The Morgan fingerprint density at radius 1 is 1.08 bits per heavy atom.